The molecule has 2 heterocycles. The number of rotatable bonds is 6. The van der Waals surface area contributed by atoms with E-state index in [4.69, 9.17) is 0 Å². The molecular formula is C15H23N3O3S. The van der Waals surface area contributed by atoms with Crippen molar-refractivity contribution in [1.82, 2.24) is 14.6 Å². The fourth-order valence-electron chi connectivity index (χ4n) is 2.88. The third kappa shape index (κ3) is 4.51. The highest BCUT2D eigenvalue weighted by Gasteiger charge is 2.37. The number of carbonyl (C=O) groups excluding carboxylic acids is 1. The second-order valence-corrected chi connectivity index (χ2v) is 7.82. The fourth-order valence-corrected chi connectivity index (χ4v) is 3.77. The first-order valence-electron chi connectivity index (χ1n) is 7.53. The van der Waals surface area contributed by atoms with Crippen molar-refractivity contribution in [3.05, 3.63) is 30.1 Å². The first-order chi connectivity index (χ1) is 10.4. The number of pyridine rings is 1. The van der Waals surface area contributed by atoms with Crippen molar-refractivity contribution in [2.45, 2.75) is 32.2 Å². The van der Waals surface area contributed by atoms with Crippen LogP contribution in [0.2, 0.25) is 0 Å². The lowest BCUT2D eigenvalue weighted by atomic mass is 9.98. The van der Waals surface area contributed by atoms with Gasteiger partial charge in [0.05, 0.1) is 12.7 Å². The van der Waals surface area contributed by atoms with Crippen molar-refractivity contribution in [2.75, 3.05) is 19.3 Å². The first-order valence-corrected chi connectivity index (χ1v) is 9.38. The summed E-state index contributed by atoms with van der Waals surface area (Å²) in [6.45, 7) is 2.92. The number of hydrogen-bond acceptors (Lipinski definition) is 4. The van der Waals surface area contributed by atoms with Crippen molar-refractivity contribution < 1.29 is 13.2 Å². The van der Waals surface area contributed by atoms with E-state index in [1.807, 2.05) is 6.07 Å². The number of nitrogens with one attached hydrogen (secondary N) is 1. The van der Waals surface area contributed by atoms with Gasteiger partial charge in [0.25, 0.3) is 0 Å². The zero-order chi connectivity index (χ0) is 16.2. The number of carbonyl (C=O) groups is 1. The van der Waals surface area contributed by atoms with E-state index in [1.165, 1.54) is 10.6 Å². The molecule has 2 rings (SSSR count). The minimum atomic E-state index is -3.21. The Kier molecular flexibility index (Phi) is 5.52. The number of nitrogens with zero attached hydrogens (tertiary/aromatic N) is 2. The predicted molar refractivity (Wildman–Crippen MR) is 84.7 cm³/mol. The van der Waals surface area contributed by atoms with E-state index >= 15 is 0 Å². The highest BCUT2D eigenvalue weighted by Crippen LogP contribution is 2.23. The maximum Gasteiger partial charge on any atom is 0.224 e. The summed E-state index contributed by atoms with van der Waals surface area (Å²) in [5.74, 6) is 0.0898. The molecule has 1 aromatic heterocycles. The Hall–Kier alpha value is -1.47. The highest BCUT2D eigenvalue weighted by molar-refractivity contribution is 7.88. The molecule has 0 spiro atoms. The summed E-state index contributed by atoms with van der Waals surface area (Å²) in [6, 6.07) is 3.54. The van der Waals surface area contributed by atoms with Gasteiger partial charge in [-0.15, -0.1) is 0 Å². The molecule has 1 N–H and O–H groups in total. The maximum absolute atomic E-state index is 12.2. The van der Waals surface area contributed by atoms with Crippen molar-refractivity contribution in [3.63, 3.8) is 0 Å². The van der Waals surface area contributed by atoms with Crippen LogP contribution in [0.25, 0.3) is 0 Å². The van der Waals surface area contributed by atoms with Gasteiger partial charge in [-0.3, -0.25) is 9.78 Å². The van der Waals surface area contributed by atoms with Crippen LogP contribution in [0.1, 0.15) is 25.3 Å². The molecule has 0 saturated carbocycles. The number of amides is 1. The maximum atomic E-state index is 12.2. The SMILES string of the molecule is CCCC1CN(S(C)(=O)=O)CC1NC(=O)Cc1cccnc1. The molecule has 122 valence electrons. The molecule has 1 aliphatic rings. The molecule has 1 amide bonds. The Bertz CT molecular complexity index is 604. The molecule has 0 radical (unpaired) electrons. The first kappa shape index (κ1) is 16.9. The van der Waals surface area contributed by atoms with E-state index in [-0.39, 0.29) is 24.3 Å². The highest BCUT2D eigenvalue weighted by atomic mass is 32.2. The smallest absolute Gasteiger partial charge is 0.224 e. The molecule has 2 unspecified atom stereocenters. The van der Waals surface area contributed by atoms with Crippen molar-refractivity contribution in [1.29, 1.82) is 0 Å². The van der Waals surface area contributed by atoms with Gasteiger partial charge in [0.2, 0.25) is 15.9 Å². The molecule has 0 aliphatic carbocycles. The van der Waals surface area contributed by atoms with Crippen LogP contribution in [0, 0.1) is 5.92 Å². The standard InChI is InChI=1S/C15H23N3O3S/c1-3-5-13-10-18(22(2,20)21)11-14(13)17-15(19)8-12-6-4-7-16-9-12/h4,6-7,9,13-14H,3,5,8,10-11H2,1-2H3,(H,17,19). The van der Waals surface area contributed by atoms with Crippen LogP contribution in [0.4, 0.5) is 0 Å². The molecule has 1 saturated heterocycles. The summed E-state index contributed by atoms with van der Waals surface area (Å²) in [6.07, 6.45) is 6.69. The van der Waals surface area contributed by atoms with E-state index in [2.05, 4.69) is 17.2 Å². The lowest BCUT2D eigenvalue weighted by molar-refractivity contribution is -0.121. The molecule has 22 heavy (non-hydrogen) atoms. The fraction of sp³-hybridized carbons (Fsp3) is 0.600. The van der Waals surface area contributed by atoms with Crippen LogP contribution in [0.15, 0.2) is 24.5 Å². The van der Waals surface area contributed by atoms with E-state index in [0.717, 1.165) is 18.4 Å². The van der Waals surface area contributed by atoms with Gasteiger partial charge < -0.3 is 5.32 Å². The van der Waals surface area contributed by atoms with Crippen LogP contribution in [-0.2, 0) is 21.2 Å². The Morgan fingerprint density at radius 3 is 2.82 bits per heavy atom. The Morgan fingerprint density at radius 1 is 1.45 bits per heavy atom. The van der Waals surface area contributed by atoms with Crippen molar-refractivity contribution in [3.8, 4) is 0 Å². The van der Waals surface area contributed by atoms with Crippen LogP contribution in [0.5, 0.6) is 0 Å². The number of aromatic nitrogens is 1. The van der Waals surface area contributed by atoms with Crippen LogP contribution >= 0.6 is 0 Å². The van der Waals surface area contributed by atoms with Crippen molar-refractivity contribution in [2.24, 2.45) is 5.92 Å². The van der Waals surface area contributed by atoms with Crippen LogP contribution < -0.4 is 5.32 Å². The average Bonchev–Trinajstić information content (AvgIpc) is 2.83. The second kappa shape index (κ2) is 7.19. The molecule has 1 aliphatic heterocycles. The van der Waals surface area contributed by atoms with Gasteiger partial charge in [0.1, 0.15) is 0 Å². The summed E-state index contributed by atoms with van der Waals surface area (Å²) in [7, 11) is -3.21. The number of sulfonamides is 1. The molecule has 7 heteroatoms. The average molecular weight is 325 g/mol. The lowest BCUT2D eigenvalue weighted by Gasteiger charge is -2.19. The van der Waals surface area contributed by atoms with Crippen LogP contribution in [0.3, 0.4) is 0 Å². The molecule has 6 nitrogen and oxygen atoms in total. The summed E-state index contributed by atoms with van der Waals surface area (Å²) >= 11 is 0. The zero-order valence-electron chi connectivity index (χ0n) is 13.0. The molecule has 0 bridgehead atoms. The second-order valence-electron chi connectivity index (χ2n) is 5.84. The third-order valence-electron chi connectivity index (χ3n) is 3.97. The van der Waals surface area contributed by atoms with Gasteiger partial charge >= 0.3 is 0 Å². The van der Waals surface area contributed by atoms with E-state index in [1.54, 1.807) is 18.5 Å². The van der Waals surface area contributed by atoms with E-state index in [0.29, 0.717) is 13.1 Å². The molecule has 2 atom stereocenters. The summed E-state index contributed by atoms with van der Waals surface area (Å²) in [4.78, 5) is 16.2. The molecule has 1 aromatic rings. The van der Waals surface area contributed by atoms with Gasteiger partial charge in [-0.25, -0.2) is 8.42 Å². The van der Waals surface area contributed by atoms with Gasteiger partial charge in [-0.1, -0.05) is 19.4 Å². The Labute approximate surface area is 132 Å². The van der Waals surface area contributed by atoms with Gasteiger partial charge in [-0.2, -0.15) is 4.31 Å². The Morgan fingerprint density at radius 2 is 2.23 bits per heavy atom. The normalized spacial score (nSPS) is 22.6. The molecular weight excluding hydrogens is 302 g/mol. The van der Waals surface area contributed by atoms with E-state index < -0.39 is 10.0 Å². The monoisotopic (exact) mass is 325 g/mol. The summed E-state index contributed by atoms with van der Waals surface area (Å²) < 4.78 is 24.9. The predicted octanol–water partition coefficient (Wildman–Crippen LogP) is 0.800. The van der Waals surface area contributed by atoms with Gasteiger partial charge in [0.15, 0.2) is 0 Å². The largest absolute Gasteiger partial charge is 0.351 e. The lowest BCUT2D eigenvalue weighted by Crippen LogP contribution is -2.41. The third-order valence-corrected chi connectivity index (χ3v) is 5.21. The number of hydrogen-bond donors (Lipinski definition) is 1. The van der Waals surface area contributed by atoms with Crippen LogP contribution in [-0.4, -0.2) is 49.0 Å². The minimum Gasteiger partial charge on any atom is -0.351 e. The van der Waals surface area contributed by atoms with Crippen molar-refractivity contribution >= 4 is 15.9 Å². The van der Waals surface area contributed by atoms with Gasteiger partial charge in [-0.05, 0) is 24.0 Å². The zero-order valence-corrected chi connectivity index (χ0v) is 13.8. The molecule has 1 fully saturated rings. The molecule has 0 aromatic carbocycles. The van der Waals surface area contributed by atoms with Gasteiger partial charge in [0, 0.05) is 31.5 Å². The quantitative estimate of drug-likeness (QED) is 0.839. The summed E-state index contributed by atoms with van der Waals surface area (Å²) in [5.41, 5.74) is 0.852. The Balaban J connectivity index is 1.98. The summed E-state index contributed by atoms with van der Waals surface area (Å²) in [5, 5.41) is 2.99. The van der Waals surface area contributed by atoms with E-state index in [9.17, 15) is 13.2 Å². The minimum absolute atomic E-state index is 0.0885. The topological polar surface area (TPSA) is 79.4 Å².